The van der Waals surface area contributed by atoms with E-state index in [0.29, 0.717) is 12.1 Å². The maximum absolute atomic E-state index is 13.2. The maximum atomic E-state index is 13.2. The summed E-state index contributed by atoms with van der Waals surface area (Å²) in [7, 11) is 0. The van der Waals surface area contributed by atoms with Crippen molar-refractivity contribution in [2.45, 2.75) is 25.2 Å². The van der Waals surface area contributed by atoms with E-state index in [1.165, 1.54) is 12.1 Å². The monoisotopic (exact) mass is 385 g/mol. The fraction of sp³-hybridized carbons (Fsp3) is 0.217. The molecule has 2 atom stereocenters. The zero-order chi connectivity index (χ0) is 20.1. The number of rotatable bonds is 6. The third-order valence-electron chi connectivity index (χ3n) is 4.76. The van der Waals surface area contributed by atoms with Gasteiger partial charge >= 0.3 is 6.18 Å². The number of aliphatic hydroxyl groups is 1. The SMILES string of the molecule is CC(NCC(O)c1ccccc1)c1ccc(-c2ccccc2C(F)(F)F)cc1. The second kappa shape index (κ2) is 8.59. The van der Waals surface area contributed by atoms with Crippen molar-refractivity contribution in [2.75, 3.05) is 6.54 Å². The van der Waals surface area contributed by atoms with Crippen molar-refractivity contribution in [3.63, 3.8) is 0 Å². The summed E-state index contributed by atoms with van der Waals surface area (Å²) < 4.78 is 39.7. The van der Waals surface area contributed by atoms with Crippen molar-refractivity contribution in [3.8, 4) is 11.1 Å². The Morgan fingerprint density at radius 2 is 1.43 bits per heavy atom. The Morgan fingerprint density at radius 1 is 0.821 bits per heavy atom. The molecule has 0 spiro atoms. The number of halogens is 3. The normalized spacial score (nSPS) is 13.9. The lowest BCUT2D eigenvalue weighted by atomic mass is 9.97. The van der Waals surface area contributed by atoms with Gasteiger partial charge in [-0.25, -0.2) is 0 Å². The molecule has 0 aromatic heterocycles. The number of hydrogen-bond donors (Lipinski definition) is 2. The van der Waals surface area contributed by atoms with Gasteiger partial charge in [-0.1, -0.05) is 72.8 Å². The van der Waals surface area contributed by atoms with Crippen molar-refractivity contribution in [1.29, 1.82) is 0 Å². The highest BCUT2D eigenvalue weighted by Gasteiger charge is 2.33. The van der Waals surface area contributed by atoms with Gasteiger partial charge in [0.1, 0.15) is 0 Å². The minimum absolute atomic E-state index is 0.0507. The molecule has 3 aromatic carbocycles. The number of benzene rings is 3. The van der Waals surface area contributed by atoms with Crippen LogP contribution in [-0.4, -0.2) is 11.7 Å². The molecule has 0 radical (unpaired) electrons. The van der Waals surface area contributed by atoms with E-state index in [2.05, 4.69) is 5.32 Å². The van der Waals surface area contributed by atoms with Gasteiger partial charge in [-0.2, -0.15) is 13.2 Å². The van der Waals surface area contributed by atoms with Crippen molar-refractivity contribution < 1.29 is 18.3 Å². The molecule has 2 nitrogen and oxygen atoms in total. The number of alkyl halides is 3. The number of nitrogens with one attached hydrogen (secondary N) is 1. The van der Waals surface area contributed by atoms with Crippen LogP contribution in [0.2, 0.25) is 0 Å². The van der Waals surface area contributed by atoms with Gasteiger partial charge < -0.3 is 10.4 Å². The van der Waals surface area contributed by atoms with Crippen LogP contribution in [0.1, 0.15) is 35.8 Å². The molecule has 3 aromatic rings. The van der Waals surface area contributed by atoms with E-state index in [4.69, 9.17) is 0 Å². The van der Waals surface area contributed by atoms with E-state index >= 15 is 0 Å². The average molecular weight is 385 g/mol. The lowest BCUT2D eigenvalue weighted by Crippen LogP contribution is -2.24. The van der Waals surface area contributed by atoms with Crippen LogP contribution in [0.5, 0.6) is 0 Å². The fourth-order valence-corrected chi connectivity index (χ4v) is 3.13. The quantitative estimate of drug-likeness (QED) is 0.566. The first-order valence-corrected chi connectivity index (χ1v) is 9.09. The number of aliphatic hydroxyl groups excluding tert-OH is 1. The summed E-state index contributed by atoms with van der Waals surface area (Å²) >= 11 is 0. The van der Waals surface area contributed by atoms with E-state index in [1.807, 2.05) is 49.4 Å². The first-order valence-electron chi connectivity index (χ1n) is 9.09. The van der Waals surface area contributed by atoms with E-state index in [-0.39, 0.29) is 11.6 Å². The molecule has 28 heavy (non-hydrogen) atoms. The standard InChI is InChI=1S/C23H22F3NO/c1-16(27-15-22(28)19-7-3-2-4-8-19)17-11-13-18(14-12-17)20-9-5-6-10-21(20)23(24,25)26/h2-14,16,22,27-28H,15H2,1H3. The first-order chi connectivity index (χ1) is 13.4. The highest BCUT2D eigenvalue weighted by Crippen LogP contribution is 2.37. The van der Waals surface area contributed by atoms with Crippen LogP contribution in [0.25, 0.3) is 11.1 Å². The Balaban J connectivity index is 1.69. The van der Waals surface area contributed by atoms with Crippen molar-refractivity contribution >= 4 is 0 Å². The molecule has 0 aliphatic carbocycles. The first kappa shape index (κ1) is 20.1. The smallest absolute Gasteiger partial charge is 0.387 e. The molecule has 0 heterocycles. The van der Waals surface area contributed by atoms with Gasteiger partial charge in [0.15, 0.2) is 0 Å². The molecule has 0 fully saturated rings. The fourth-order valence-electron chi connectivity index (χ4n) is 3.13. The summed E-state index contributed by atoms with van der Waals surface area (Å²) in [6, 6.07) is 21.9. The Labute approximate surface area is 162 Å². The van der Waals surface area contributed by atoms with Crippen LogP contribution in [0, 0.1) is 0 Å². The van der Waals surface area contributed by atoms with Crippen molar-refractivity contribution in [2.24, 2.45) is 0 Å². The Hall–Kier alpha value is -2.63. The van der Waals surface area contributed by atoms with E-state index in [0.717, 1.165) is 17.2 Å². The molecular weight excluding hydrogens is 363 g/mol. The summed E-state index contributed by atoms with van der Waals surface area (Å²) in [6.45, 7) is 2.33. The lowest BCUT2D eigenvalue weighted by Gasteiger charge is -2.18. The van der Waals surface area contributed by atoms with Gasteiger partial charge in [0, 0.05) is 12.6 Å². The molecule has 0 aliphatic rings. The van der Waals surface area contributed by atoms with Gasteiger partial charge in [0.05, 0.1) is 11.7 Å². The summed E-state index contributed by atoms with van der Waals surface area (Å²) in [4.78, 5) is 0. The molecule has 2 N–H and O–H groups in total. The zero-order valence-electron chi connectivity index (χ0n) is 15.4. The second-order valence-electron chi connectivity index (χ2n) is 6.72. The highest BCUT2D eigenvalue weighted by molar-refractivity contribution is 5.68. The van der Waals surface area contributed by atoms with Crippen molar-refractivity contribution in [3.05, 3.63) is 95.6 Å². The lowest BCUT2D eigenvalue weighted by molar-refractivity contribution is -0.137. The predicted octanol–water partition coefficient (Wildman–Crippen LogP) is 5.76. The van der Waals surface area contributed by atoms with E-state index < -0.39 is 17.8 Å². The molecule has 3 rings (SSSR count). The summed E-state index contributed by atoms with van der Waals surface area (Å²) in [5.41, 5.74) is 1.82. The van der Waals surface area contributed by atoms with Crippen LogP contribution >= 0.6 is 0 Å². The summed E-state index contributed by atoms with van der Waals surface area (Å²) in [6.07, 6.45) is -5.01. The molecule has 2 unspecified atom stereocenters. The molecule has 5 heteroatoms. The highest BCUT2D eigenvalue weighted by atomic mass is 19.4. The molecule has 0 saturated carbocycles. The third-order valence-corrected chi connectivity index (χ3v) is 4.76. The molecular formula is C23H22F3NO. The minimum atomic E-state index is -4.39. The Morgan fingerprint density at radius 3 is 2.07 bits per heavy atom. The summed E-state index contributed by atoms with van der Waals surface area (Å²) in [5.74, 6) is 0. The van der Waals surface area contributed by atoms with Gasteiger partial charge in [0.25, 0.3) is 0 Å². The van der Waals surface area contributed by atoms with Crippen LogP contribution in [0.3, 0.4) is 0 Å². The van der Waals surface area contributed by atoms with Gasteiger partial charge in [0.2, 0.25) is 0 Å². The van der Waals surface area contributed by atoms with Crippen LogP contribution in [0.4, 0.5) is 13.2 Å². The predicted molar refractivity (Wildman–Crippen MR) is 105 cm³/mol. The third kappa shape index (κ3) is 4.80. The molecule has 0 amide bonds. The van der Waals surface area contributed by atoms with Crippen molar-refractivity contribution in [1.82, 2.24) is 5.32 Å². The van der Waals surface area contributed by atoms with Gasteiger partial charge in [-0.05, 0) is 35.2 Å². The molecule has 0 aliphatic heterocycles. The van der Waals surface area contributed by atoms with Crippen LogP contribution in [0.15, 0.2) is 78.9 Å². The molecule has 146 valence electrons. The topological polar surface area (TPSA) is 32.3 Å². The molecule has 0 saturated heterocycles. The summed E-state index contributed by atoms with van der Waals surface area (Å²) in [5, 5.41) is 13.5. The molecule has 0 bridgehead atoms. The maximum Gasteiger partial charge on any atom is 0.417 e. The van der Waals surface area contributed by atoms with Gasteiger partial charge in [-0.3, -0.25) is 0 Å². The second-order valence-corrected chi connectivity index (χ2v) is 6.72. The van der Waals surface area contributed by atoms with E-state index in [9.17, 15) is 18.3 Å². The van der Waals surface area contributed by atoms with Gasteiger partial charge in [-0.15, -0.1) is 0 Å². The zero-order valence-corrected chi connectivity index (χ0v) is 15.4. The largest absolute Gasteiger partial charge is 0.417 e. The Bertz CT molecular complexity index is 892. The minimum Gasteiger partial charge on any atom is -0.387 e. The Kier molecular flexibility index (Phi) is 6.17. The van der Waals surface area contributed by atoms with Crippen LogP contribution < -0.4 is 5.32 Å². The number of hydrogen-bond acceptors (Lipinski definition) is 2. The van der Waals surface area contributed by atoms with Crippen LogP contribution in [-0.2, 0) is 6.18 Å². The average Bonchev–Trinajstić information content (AvgIpc) is 2.72. The van der Waals surface area contributed by atoms with E-state index in [1.54, 1.807) is 18.2 Å².